The normalized spacial score (nSPS) is 15.6. The monoisotopic (exact) mass is 196 g/mol. The van der Waals surface area contributed by atoms with Gasteiger partial charge in [-0.3, -0.25) is 5.32 Å². The summed E-state index contributed by atoms with van der Waals surface area (Å²) in [5.41, 5.74) is -0.339. The standard InChI is InChI=1S/C12H24N2/c1-10(2)6-7-12(5,9-13)14-8-11(3)4/h10-11,14H,6-8H2,1-5H3. The molecule has 82 valence electrons. The SMILES string of the molecule is CC(C)CCC(C)(C#N)NCC(C)C. The minimum Gasteiger partial charge on any atom is -0.299 e. The lowest BCUT2D eigenvalue weighted by atomic mass is 9.93. The Morgan fingerprint density at radius 3 is 2.14 bits per heavy atom. The van der Waals surface area contributed by atoms with Crippen LogP contribution in [0, 0.1) is 23.2 Å². The largest absolute Gasteiger partial charge is 0.299 e. The Hall–Kier alpha value is -0.550. The third kappa shape index (κ3) is 5.99. The lowest BCUT2D eigenvalue weighted by Crippen LogP contribution is -2.43. The van der Waals surface area contributed by atoms with Gasteiger partial charge in [0.05, 0.1) is 6.07 Å². The van der Waals surface area contributed by atoms with Crippen molar-refractivity contribution in [1.82, 2.24) is 5.32 Å². The van der Waals surface area contributed by atoms with E-state index in [0.717, 1.165) is 19.4 Å². The summed E-state index contributed by atoms with van der Waals surface area (Å²) >= 11 is 0. The predicted octanol–water partition coefficient (Wildman–Crippen LogP) is 2.95. The summed E-state index contributed by atoms with van der Waals surface area (Å²) in [4.78, 5) is 0. The minimum atomic E-state index is -0.339. The summed E-state index contributed by atoms with van der Waals surface area (Å²) < 4.78 is 0. The molecule has 1 N–H and O–H groups in total. The first-order chi connectivity index (χ1) is 6.39. The summed E-state index contributed by atoms with van der Waals surface area (Å²) in [7, 11) is 0. The quantitative estimate of drug-likeness (QED) is 0.709. The van der Waals surface area contributed by atoms with Crippen molar-refractivity contribution in [2.24, 2.45) is 11.8 Å². The molecule has 0 aromatic heterocycles. The van der Waals surface area contributed by atoms with Gasteiger partial charge in [-0.15, -0.1) is 0 Å². The van der Waals surface area contributed by atoms with Crippen LogP contribution in [0.2, 0.25) is 0 Å². The molecule has 0 radical (unpaired) electrons. The average Bonchev–Trinajstić information content (AvgIpc) is 2.11. The van der Waals surface area contributed by atoms with Gasteiger partial charge in [0.1, 0.15) is 5.54 Å². The molecule has 0 heterocycles. The maximum absolute atomic E-state index is 9.10. The van der Waals surface area contributed by atoms with Gasteiger partial charge in [-0.05, 0) is 38.1 Å². The van der Waals surface area contributed by atoms with Crippen molar-refractivity contribution in [1.29, 1.82) is 5.26 Å². The molecule has 0 bridgehead atoms. The fourth-order valence-corrected chi connectivity index (χ4v) is 1.19. The van der Waals surface area contributed by atoms with Gasteiger partial charge in [-0.25, -0.2) is 0 Å². The molecule has 14 heavy (non-hydrogen) atoms. The van der Waals surface area contributed by atoms with Gasteiger partial charge in [-0.1, -0.05) is 27.7 Å². The van der Waals surface area contributed by atoms with Gasteiger partial charge in [0, 0.05) is 0 Å². The molecule has 0 aromatic carbocycles. The van der Waals surface area contributed by atoms with Crippen LogP contribution in [-0.2, 0) is 0 Å². The highest BCUT2D eigenvalue weighted by molar-refractivity contribution is 5.03. The van der Waals surface area contributed by atoms with Crippen LogP contribution in [0.5, 0.6) is 0 Å². The first-order valence-electron chi connectivity index (χ1n) is 5.56. The van der Waals surface area contributed by atoms with Gasteiger partial charge in [0.2, 0.25) is 0 Å². The molecule has 1 unspecified atom stereocenters. The van der Waals surface area contributed by atoms with Crippen molar-refractivity contribution in [3.8, 4) is 6.07 Å². The van der Waals surface area contributed by atoms with Crippen LogP contribution in [-0.4, -0.2) is 12.1 Å². The van der Waals surface area contributed by atoms with Crippen LogP contribution < -0.4 is 5.32 Å². The van der Waals surface area contributed by atoms with Crippen LogP contribution in [0.4, 0.5) is 0 Å². The van der Waals surface area contributed by atoms with E-state index in [9.17, 15) is 0 Å². The van der Waals surface area contributed by atoms with E-state index >= 15 is 0 Å². The second-order valence-corrected chi connectivity index (χ2v) is 5.15. The van der Waals surface area contributed by atoms with Gasteiger partial charge < -0.3 is 0 Å². The Morgan fingerprint density at radius 2 is 1.79 bits per heavy atom. The molecule has 2 heteroatoms. The van der Waals surface area contributed by atoms with E-state index < -0.39 is 0 Å². The first-order valence-corrected chi connectivity index (χ1v) is 5.56. The zero-order valence-electron chi connectivity index (χ0n) is 10.2. The number of nitrogens with one attached hydrogen (secondary N) is 1. The van der Waals surface area contributed by atoms with Gasteiger partial charge in [0.15, 0.2) is 0 Å². The second-order valence-electron chi connectivity index (χ2n) is 5.15. The van der Waals surface area contributed by atoms with Crippen molar-refractivity contribution < 1.29 is 0 Å². The Balaban J connectivity index is 4.00. The zero-order chi connectivity index (χ0) is 11.2. The maximum atomic E-state index is 9.10. The van der Waals surface area contributed by atoms with Crippen molar-refractivity contribution >= 4 is 0 Å². The topological polar surface area (TPSA) is 35.8 Å². The molecule has 0 fully saturated rings. The van der Waals surface area contributed by atoms with Crippen LogP contribution in [0.15, 0.2) is 0 Å². The lowest BCUT2D eigenvalue weighted by molar-refractivity contribution is 0.360. The number of nitrogens with zero attached hydrogens (tertiary/aromatic N) is 1. The summed E-state index contributed by atoms with van der Waals surface area (Å²) in [5.74, 6) is 1.27. The van der Waals surface area contributed by atoms with E-state index in [1.165, 1.54) is 0 Å². The van der Waals surface area contributed by atoms with Crippen LogP contribution in [0.25, 0.3) is 0 Å². The molecule has 0 spiro atoms. The molecule has 0 aromatic rings. The number of nitriles is 1. The number of hydrogen-bond acceptors (Lipinski definition) is 2. The van der Waals surface area contributed by atoms with Gasteiger partial charge >= 0.3 is 0 Å². The maximum Gasteiger partial charge on any atom is 0.103 e. The highest BCUT2D eigenvalue weighted by Crippen LogP contribution is 2.15. The van der Waals surface area contributed by atoms with E-state index in [0.29, 0.717) is 11.8 Å². The Morgan fingerprint density at radius 1 is 1.21 bits per heavy atom. The van der Waals surface area contributed by atoms with E-state index in [4.69, 9.17) is 5.26 Å². The third-order valence-corrected chi connectivity index (χ3v) is 2.37. The van der Waals surface area contributed by atoms with Crippen molar-refractivity contribution in [2.75, 3.05) is 6.54 Å². The van der Waals surface area contributed by atoms with E-state index in [1.54, 1.807) is 0 Å². The lowest BCUT2D eigenvalue weighted by Gasteiger charge is -2.25. The average molecular weight is 196 g/mol. The Bertz CT molecular complexity index is 177. The Kier molecular flexibility index (Phi) is 5.79. The molecule has 0 saturated heterocycles. The van der Waals surface area contributed by atoms with E-state index in [1.807, 2.05) is 6.92 Å². The van der Waals surface area contributed by atoms with E-state index in [-0.39, 0.29) is 5.54 Å². The molecule has 0 saturated carbocycles. The van der Waals surface area contributed by atoms with Gasteiger partial charge in [0.25, 0.3) is 0 Å². The molecule has 0 aliphatic heterocycles. The number of rotatable bonds is 6. The minimum absolute atomic E-state index is 0.339. The van der Waals surface area contributed by atoms with Crippen LogP contribution in [0.3, 0.4) is 0 Å². The fraction of sp³-hybridized carbons (Fsp3) is 0.917. The van der Waals surface area contributed by atoms with E-state index in [2.05, 4.69) is 39.1 Å². The molecule has 2 nitrogen and oxygen atoms in total. The molecule has 0 rings (SSSR count). The van der Waals surface area contributed by atoms with Crippen molar-refractivity contribution in [3.05, 3.63) is 0 Å². The molecular formula is C12H24N2. The smallest absolute Gasteiger partial charge is 0.103 e. The summed E-state index contributed by atoms with van der Waals surface area (Å²) in [6.45, 7) is 11.6. The van der Waals surface area contributed by atoms with Crippen LogP contribution >= 0.6 is 0 Å². The Labute approximate surface area is 88.7 Å². The molecule has 1 atom stereocenters. The summed E-state index contributed by atoms with van der Waals surface area (Å²) in [6.07, 6.45) is 2.04. The fourth-order valence-electron chi connectivity index (χ4n) is 1.19. The molecular weight excluding hydrogens is 172 g/mol. The third-order valence-electron chi connectivity index (χ3n) is 2.37. The second kappa shape index (κ2) is 6.03. The molecule has 0 aliphatic rings. The zero-order valence-corrected chi connectivity index (χ0v) is 10.2. The van der Waals surface area contributed by atoms with Crippen molar-refractivity contribution in [3.63, 3.8) is 0 Å². The summed E-state index contributed by atoms with van der Waals surface area (Å²) in [6, 6.07) is 2.38. The molecule has 0 aliphatic carbocycles. The van der Waals surface area contributed by atoms with Crippen molar-refractivity contribution in [2.45, 2.75) is 53.0 Å². The predicted molar refractivity (Wildman–Crippen MR) is 60.9 cm³/mol. The summed E-state index contributed by atoms with van der Waals surface area (Å²) in [5, 5.41) is 12.4. The molecule has 0 amide bonds. The van der Waals surface area contributed by atoms with Crippen LogP contribution in [0.1, 0.15) is 47.5 Å². The highest BCUT2D eigenvalue weighted by Gasteiger charge is 2.22. The highest BCUT2D eigenvalue weighted by atomic mass is 15.0. The first kappa shape index (κ1) is 13.4. The van der Waals surface area contributed by atoms with Gasteiger partial charge in [-0.2, -0.15) is 5.26 Å². The number of hydrogen-bond donors (Lipinski definition) is 1.